The minimum Gasteiger partial charge on any atom is -0.261 e. The molecule has 3 N–H and O–H groups in total. The van der Waals surface area contributed by atoms with Crippen molar-refractivity contribution >= 4 is 16.2 Å². The normalized spacial score (nSPS) is 16.9. The van der Waals surface area contributed by atoms with E-state index < -0.39 is 10.2 Å². The van der Waals surface area contributed by atoms with Gasteiger partial charge in [-0.15, -0.1) is 5.10 Å². The molecule has 0 atom stereocenters. The van der Waals surface area contributed by atoms with Crippen LogP contribution >= 0.6 is 0 Å². The van der Waals surface area contributed by atoms with Gasteiger partial charge in [0.2, 0.25) is 0 Å². The average Bonchev–Trinajstić information content (AvgIpc) is 2.74. The maximum atomic E-state index is 11.3. The summed E-state index contributed by atoms with van der Waals surface area (Å²) < 4.78 is 27.4. The van der Waals surface area contributed by atoms with Crippen molar-refractivity contribution in [2.45, 2.75) is 25.8 Å². The predicted molar refractivity (Wildman–Crippen MR) is 49.8 cm³/mol. The zero-order chi connectivity index (χ0) is 10.2. The van der Waals surface area contributed by atoms with E-state index in [1.165, 1.54) is 0 Å². The molecule has 0 aliphatic heterocycles. The molecular formula is C6H11N5O2S. The molecule has 1 aromatic rings. The van der Waals surface area contributed by atoms with Crippen molar-refractivity contribution < 1.29 is 8.42 Å². The highest BCUT2D eigenvalue weighted by atomic mass is 32.2. The maximum Gasteiger partial charge on any atom is 0.301 e. The van der Waals surface area contributed by atoms with Gasteiger partial charge in [-0.3, -0.25) is 5.10 Å². The Hall–Kier alpha value is -1.15. The Morgan fingerprint density at radius 2 is 2.21 bits per heavy atom. The third kappa shape index (κ3) is 2.42. The molecule has 1 fully saturated rings. The number of hydrogen-bond donors (Lipinski definition) is 3. The summed E-state index contributed by atoms with van der Waals surface area (Å²) in [5.74, 6) is 0.629. The largest absolute Gasteiger partial charge is 0.301 e. The number of nitrogens with one attached hydrogen (secondary N) is 3. The molecule has 2 rings (SSSR count). The van der Waals surface area contributed by atoms with Gasteiger partial charge in [0, 0.05) is 6.04 Å². The van der Waals surface area contributed by atoms with Gasteiger partial charge in [-0.05, 0) is 19.8 Å². The number of rotatable bonds is 4. The molecule has 8 heteroatoms. The lowest BCUT2D eigenvalue weighted by atomic mass is 10.8. The Morgan fingerprint density at radius 1 is 1.50 bits per heavy atom. The van der Waals surface area contributed by atoms with Gasteiger partial charge < -0.3 is 0 Å². The standard InChI is InChI=1S/C6H11N5O2S/c1-4-7-6(9-8-4)11-14(12,13)10-5-2-3-5/h5,10H,2-3H2,1H3,(H2,7,8,9,11). The molecule has 7 nitrogen and oxygen atoms in total. The SMILES string of the molecule is Cc1nc(NS(=O)(=O)NC2CC2)n[nH]1. The fraction of sp³-hybridized carbons (Fsp3) is 0.667. The Labute approximate surface area is 81.5 Å². The summed E-state index contributed by atoms with van der Waals surface area (Å²) in [5.41, 5.74) is 0. The quantitative estimate of drug-likeness (QED) is 0.634. The lowest BCUT2D eigenvalue weighted by Gasteiger charge is -2.03. The molecule has 0 spiro atoms. The molecule has 1 heterocycles. The molecule has 1 aromatic heterocycles. The topological polar surface area (TPSA) is 99.8 Å². The van der Waals surface area contributed by atoms with E-state index in [1.54, 1.807) is 6.92 Å². The van der Waals surface area contributed by atoms with E-state index >= 15 is 0 Å². The molecule has 0 amide bonds. The Bertz CT molecular complexity index is 421. The minimum atomic E-state index is -3.50. The van der Waals surface area contributed by atoms with E-state index in [4.69, 9.17) is 0 Å². The molecule has 0 unspecified atom stereocenters. The van der Waals surface area contributed by atoms with Crippen LogP contribution in [0, 0.1) is 6.92 Å². The second-order valence-corrected chi connectivity index (χ2v) is 4.69. The number of aromatic amines is 1. The van der Waals surface area contributed by atoms with Crippen molar-refractivity contribution in [2.24, 2.45) is 0 Å². The Morgan fingerprint density at radius 3 is 2.71 bits per heavy atom. The van der Waals surface area contributed by atoms with Crippen LogP contribution in [0.15, 0.2) is 0 Å². The van der Waals surface area contributed by atoms with Crippen molar-refractivity contribution in [2.75, 3.05) is 4.72 Å². The summed E-state index contributed by atoms with van der Waals surface area (Å²) in [6, 6.07) is 0.0764. The van der Waals surface area contributed by atoms with Crippen LogP contribution in [-0.2, 0) is 10.2 Å². The van der Waals surface area contributed by atoms with Gasteiger partial charge in [-0.25, -0.2) is 4.72 Å². The molecule has 1 aliphatic carbocycles. The summed E-state index contributed by atoms with van der Waals surface area (Å²) in [7, 11) is -3.50. The van der Waals surface area contributed by atoms with Crippen molar-refractivity contribution in [1.29, 1.82) is 0 Å². The first-order valence-electron chi connectivity index (χ1n) is 4.24. The van der Waals surface area contributed by atoms with E-state index in [0.717, 1.165) is 12.8 Å². The molecule has 14 heavy (non-hydrogen) atoms. The highest BCUT2D eigenvalue weighted by Gasteiger charge is 2.27. The first kappa shape index (κ1) is 9.41. The lowest BCUT2D eigenvalue weighted by molar-refractivity contribution is 0.586. The third-order valence-corrected chi connectivity index (χ3v) is 2.82. The van der Waals surface area contributed by atoms with Gasteiger partial charge >= 0.3 is 10.2 Å². The van der Waals surface area contributed by atoms with E-state index in [2.05, 4.69) is 24.6 Å². The molecule has 0 radical (unpaired) electrons. The first-order chi connectivity index (χ1) is 6.55. The van der Waals surface area contributed by atoms with Gasteiger partial charge in [0.25, 0.3) is 5.95 Å². The summed E-state index contributed by atoms with van der Waals surface area (Å²) in [5, 5.41) is 6.21. The number of anilines is 1. The van der Waals surface area contributed by atoms with Crippen LogP contribution in [0.2, 0.25) is 0 Å². The monoisotopic (exact) mass is 217 g/mol. The molecule has 0 bridgehead atoms. The molecule has 0 aromatic carbocycles. The van der Waals surface area contributed by atoms with Crippen LogP contribution in [0.4, 0.5) is 5.95 Å². The second kappa shape index (κ2) is 3.21. The van der Waals surface area contributed by atoms with Crippen molar-refractivity contribution in [3.05, 3.63) is 5.82 Å². The fourth-order valence-electron chi connectivity index (χ4n) is 0.959. The van der Waals surface area contributed by atoms with Gasteiger partial charge in [-0.2, -0.15) is 18.1 Å². The molecule has 1 aliphatic rings. The van der Waals surface area contributed by atoms with Crippen molar-refractivity contribution in [3.8, 4) is 0 Å². The van der Waals surface area contributed by atoms with Gasteiger partial charge in [0.05, 0.1) is 0 Å². The molecule has 78 valence electrons. The van der Waals surface area contributed by atoms with E-state index in [-0.39, 0.29) is 12.0 Å². The molecule has 0 saturated heterocycles. The highest BCUT2D eigenvalue weighted by molar-refractivity contribution is 7.90. The zero-order valence-electron chi connectivity index (χ0n) is 7.61. The van der Waals surface area contributed by atoms with E-state index in [9.17, 15) is 8.42 Å². The summed E-state index contributed by atoms with van der Waals surface area (Å²) in [4.78, 5) is 3.83. The first-order valence-corrected chi connectivity index (χ1v) is 5.72. The second-order valence-electron chi connectivity index (χ2n) is 3.24. The van der Waals surface area contributed by atoms with Gasteiger partial charge in [0.15, 0.2) is 0 Å². The Balaban J connectivity index is 2.01. The smallest absolute Gasteiger partial charge is 0.261 e. The molecule has 1 saturated carbocycles. The van der Waals surface area contributed by atoms with Crippen LogP contribution in [0.5, 0.6) is 0 Å². The van der Waals surface area contributed by atoms with Crippen LogP contribution < -0.4 is 9.44 Å². The third-order valence-electron chi connectivity index (χ3n) is 1.72. The lowest BCUT2D eigenvalue weighted by Crippen LogP contribution is -2.32. The van der Waals surface area contributed by atoms with Crippen LogP contribution in [0.1, 0.15) is 18.7 Å². The van der Waals surface area contributed by atoms with Crippen LogP contribution in [0.25, 0.3) is 0 Å². The van der Waals surface area contributed by atoms with E-state index in [1.807, 2.05) is 0 Å². The zero-order valence-corrected chi connectivity index (χ0v) is 8.43. The summed E-state index contributed by atoms with van der Waals surface area (Å²) >= 11 is 0. The van der Waals surface area contributed by atoms with Crippen LogP contribution in [0.3, 0.4) is 0 Å². The number of aryl methyl sites for hydroxylation is 1. The molecular weight excluding hydrogens is 206 g/mol. The fourth-order valence-corrected chi connectivity index (χ4v) is 2.02. The average molecular weight is 217 g/mol. The maximum absolute atomic E-state index is 11.3. The van der Waals surface area contributed by atoms with Gasteiger partial charge in [-0.1, -0.05) is 0 Å². The van der Waals surface area contributed by atoms with Crippen molar-refractivity contribution in [1.82, 2.24) is 19.9 Å². The number of nitrogens with zero attached hydrogens (tertiary/aromatic N) is 2. The van der Waals surface area contributed by atoms with E-state index in [0.29, 0.717) is 5.82 Å². The number of hydrogen-bond acceptors (Lipinski definition) is 4. The highest BCUT2D eigenvalue weighted by Crippen LogP contribution is 2.19. The Kier molecular flexibility index (Phi) is 2.16. The van der Waals surface area contributed by atoms with Crippen molar-refractivity contribution in [3.63, 3.8) is 0 Å². The number of H-pyrrole nitrogens is 1. The minimum absolute atomic E-state index is 0.0654. The summed E-state index contributed by atoms with van der Waals surface area (Å²) in [6.45, 7) is 1.69. The summed E-state index contributed by atoms with van der Waals surface area (Å²) in [6.07, 6.45) is 1.79. The number of aromatic nitrogens is 3. The predicted octanol–water partition coefficient (Wildman–Crippen LogP) is -0.478. The van der Waals surface area contributed by atoms with Gasteiger partial charge in [0.1, 0.15) is 5.82 Å². The van der Waals surface area contributed by atoms with Crippen LogP contribution in [-0.4, -0.2) is 29.6 Å².